The van der Waals surface area contributed by atoms with Gasteiger partial charge in [-0.1, -0.05) is 11.8 Å². The number of nitrogens with one attached hydrogen (secondary N) is 1. The Morgan fingerprint density at radius 3 is 2.67 bits per heavy atom. The molecule has 0 aliphatic rings. The monoisotopic (exact) mass is 302 g/mol. The molecule has 2 aromatic rings. The molecule has 0 unspecified atom stereocenters. The predicted molar refractivity (Wildman–Crippen MR) is 78.4 cm³/mol. The third-order valence-corrected chi connectivity index (χ3v) is 3.94. The molecule has 0 bridgehead atoms. The molecule has 0 radical (unpaired) electrons. The minimum atomic E-state index is -3.64. The first-order chi connectivity index (χ1) is 10.1. The van der Waals surface area contributed by atoms with Crippen LogP contribution in [0.5, 0.6) is 0 Å². The molecule has 0 fully saturated rings. The second kappa shape index (κ2) is 6.95. The molecule has 0 aliphatic carbocycles. The van der Waals surface area contributed by atoms with Gasteiger partial charge in [-0.25, -0.2) is 13.1 Å². The van der Waals surface area contributed by atoms with Crippen molar-refractivity contribution in [2.75, 3.05) is 6.54 Å². The van der Waals surface area contributed by atoms with E-state index < -0.39 is 10.0 Å². The summed E-state index contributed by atoms with van der Waals surface area (Å²) in [5.74, 6) is 5.41. The van der Waals surface area contributed by atoms with E-state index in [1.165, 1.54) is 18.5 Å². The number of hydrogen-bond acceptors (Lipinski definition) is 5. The van der Waals surface area contributed by atoms with E-state index in [0.717, 1.165) is 5.56 Å². The van der Waals surface area contributed by atoms with E-state index in [9.17, 15) is 8.42 Å². The summed E-state index contributed by atoms with van der Waals surface area (Å²) >= 11 is 0. The first-order valence-corrected chi connectivity index (χ1v) is 7.63. The SMILES string of the molecule is NCC#Cc1cncc(S(=O)(=O)NCc2ccncc2)c1. The number of sulfonamides is 1. The van der Waals surface area contributed by atoms with Crippen LogP contribution in [0.2, 0.25) is 0 Å². The molecule has 2 aromatic heterocycles. The van der Waals surface area contributed by atoms with Gasteiger partial charge in [0, 0.05) is 36.9 Å². The van der Waals surface area contributed by atoms with Gasteiger partial charge in [0.25, 0.3) is 0 Å². The molecular weight excluding hydrogens is 288 g/mol. The summed E-state index contributed by atoms with van der Waals surface area (Å²) < 4.78 is 26.9. The van der Waals surface area contributed by atoms with Gasteiger partial charge in [-0.3, -0.25) is 9.97 Å². The molecule has 6 nitrogen and oxygen atoms in total. The molecule has 108 valence electrons. The van der Waals surface area contributed by atoms with Crippen molar-refractivity contribution in [1.82, 2.24) is 14.7 Å². The zero-order valence-electron chi connectivity index (χ0n) is 11.2. The Kier molecular flexibility index (Phi) is 5.00. The number of hydrogen-bond donors (Lipinski definition) is 2. The molecule has 7 heteroatoms. The van der Waals surface area contributed by atoms with Gasteiger partial charge in [0.1, 0.15) is 4.90 Å². The van der Waals surface area contributed by atoms with Gasteiger partial charge in [0.2, 0.25) is 10.0 Å². The van der Waals surface area contributed by atoms with Gasteiger partial charge in [0.05, 0.1) is 6.54 Å². The zero-order chi connectivity index (χ0) is 15.1. The minimum absolute atomic E-state index is 0.0698. The highest BCUT2D eigenvalue weighted by atomic mass is 32.2. The Morgan fingerprint density at radius 2 is 1.95 bits per heavy atom. The molecule has 0 saturated carbocycles. The normalized spacial score (nSPS) is 10.7. The maximum absolute atomic E-state index is 12.2. The highest BCUT2D eigenvalue weighted by Gasteiger charge is 2.14. The van der Waals surface area contributed by atoms with Crippen molar-refractivity contribution in [3.05, 3.63) is 54.1 Å². The fraction of sp³-hybridized carbons (Fsp3) is 0.143. The molecular formula is C14H14N4O2S. The Hall–Kier alpha value is -2.27. The van der Waals surface area contributed by atoms with Crippen molar-refractivity contribution in [2.24, 2.45) is 5.73 Å². The molecule has 3 N–H and O–H groups in total. The lowest BCUT2D eigenvalue weighted by molar-refractivity contribution is 0.581. The van der Waals surface area contributed by atoms with Crippen molar-refractivity contribution >= 4 is 10.0 Å². The molecule has 0 saturated heterocycles. The summed E-state index contributed by atoms with van der Waals surface area (Å²) in [6.07, 6.45) is 5.98. The molecule has 2 heterocycles. The van der Waals surface area contributed by atoms with Crippen molar-refractivity contribution in [3.8, 4) is 11.8 Å². The van der Waals surface area contributed by atoms with Crippen LogP contribution >= 0.6 is 0 Å². The van der Waals surface area contributed by atoms with Crippen LogP contribution in [-0.4, -0.2) is 24.9 Å². The van der Waals surface area contributed by atoms with Crippen LogP contribution in [0.25, 0.3) is 0 Å². The lowest BCUT2D eigenvalue weighted by atomic mass is 10.3. The summed E-state index contributed by atoms with van der Waals surface area (Å²) in [6, 6.07) is 4.94. The fourth-order valence-corrected chi connectivity index (χ4v) is 2.55. The molecule has 21 heavy (non-hydrogen) atoms. The molecule has 0 aromatic carbocycles. The van der Waals surface area contributed by atoms with Gasteiger partial charge >= 0.3 is 0 Å². The van der Waals surface area contributed by atoms with E-state index in [0.29, 0.717) is 5.56 Å². The summed E-state index contributed by atoms with van der Waals surface area (Å²) in [6.45, 7) is 0.390. The molecule has 0 atom stereocenters. The van der Waals surface area contributed by atoms with E-state index in [4.69, 9.17) is 5.73 Å². The van der Waals surface area contributed by atoms with Crippen molar-refractivity contribution < 1.29 is 8.42 Å². The van der Waals surface area contributed by atoms with E-state index in [1.54, 1.807) is 24.5 Å². The Morgan fingerprint density at radius 1 is 1.19 bits per heavy atom. The predicted octanol–water partition coefficient (Wildman–Crippen LogP) is 0.265. The minimum Gasteiger partial charge on any atom is -0.320 e. The maximum atomic E-state index is 12.2. The summed E-state index contributed by atoms with van der Waals surface area (Å²) in [5, 5.41) is 0. The topological polar surface area (TPSA) is 98.0 Å². The van der Waals surface area contributed by atoms with Crippen LogP contribution in [0.1, 0.15) is 11.1 Å². The summed E-state index contributed by atoms with van der Waals surface area (Å²) in [5.41, 5.74) is 6.61. The third kappa shape index (κ3) is 4.36. The number of nitrogens with two attached hydrogens (primary N) is 1. The summed E-state index contributed by atoms with van der Waals surface area (Å²) in [4.78, 5) is 7.83. The molecule has 2 rings (SSSR count). The highest BCUT2D eigenvalue weighted by Crippen LogP contribution is 2.09. The van der Waals surface area contributed by atoms with Crippen LogP contribution in [0.4, 0.5) is 0 Å². The smallest absolute Gasteiger partial charge is 0.242 e. The quantitative estimate of drug-likeness (QED) is 0.790. The van der Waals surface area contributed by atoms with Crippen LogP contribution in [0.15, 0.2) is 47.9 Å². The standard InChI is InChI=1S/C14H14N4O2S/c15-5-1-2-13-8-14(11-17-9-13)21(19,20)18-10-12-3-6-16-7-4-12/h3-4,6-9,11,18H,5,10,15H2. The van der Waals surface area contributed by atoms with Gasteiger partial charge in [-0.05, 0) is 23.8 Å². The first-order valence-electron chi connectivity index (χ1n) is 6.14. The van der Waals surface area contributed by atoms with Gasteiger partial charge in [-0.15, -0.1) is 0 Å². The third-order valence-electron chi connectivity index (χ3n) is 2.57. The largest absolute Gasteiger partial charge is 0.320 e. The van der Waals surface area contributed by atoms with Crippen LogP contribution in [-0.2, 0) is 16.6 Å². The number of pyridine rings is 2. The van der Waals surface area contributed by atoms with E-state index in [-0.39, 0.29) is 18.0 Å². The Balaban J connectivity index is 2.16. The maximum Gasteiger partial charge on any atom is 0.242 e. The molecule has 0 aliphatic heterocycles. The van der Waals surface area contributed by atoms with Crippen molar-refractivity contribution in [3.63, 3.8) is 0 Å². The highest BCUT2D eigenvalue weighted by molar-refractivity contribution is 7.89. The second-order valence-electron chi connectivity index (χ2n) is 4.10. The average Bonchev–Trinajstić information content (AvgIpc) is 2.52. The van der Waals surface area contributed by atoms with E-state index in [1.807, 2.05) is 0 Å². The average molecular weight is 302 g/mol. The van der Waals surface area contributed by atoms with Crippen LogP contribution < -0.4 is 10.5 Å². The number of nitrogens with zero attached hydrogens (tertiary/aromatic N) is 2. The van der Waals surface area contributed by atoms with Crippen molar-refractivity contribution in [2.45, 2.75) is 11.4 Å². The lowest BCUT2D eigenvalue weighted by Gasteiger charge is -2.06. The first kappa shape index (κ1) is 15.1. The van der Waals surface area contributed by atoms with Gasteiger partial charge < -0.3 is 5.73 Å². The summed E-state index contributed by atoms with van der Waals surface area (Å²) in [7, 11) is -3.64. The van der Waals surface area contributed by atoms with Crippen LogP contribution in [0, 0.1) is 11.8 Å². The number of aromatic nitrogens is 2. The van der Waals surface area contributed by atoms with E-state index >= 15 is 0 Å². The van der Waals surface area contributed by atoms with Gasteiger partial charge in [-0.2, -0.15) is 0 Å². The Bertz CT molecular complexity index is 764. The molecule has 0 spiro atoms. The lowest BCUT2D eigenvalue weighted by Crippen LogP contribution is -2.23. The Labute approximate surface area is 123 Å². The van der Waals surface area contributed by atoms with Crippen LogP contribution in [0.3, 0.4) is 0 Å². The van der Waals surface area contributed by atoms with Gasteiger partial charge in [0.15, 0.2) is 0 Å². The van der Waals surface area contributed by atoms with Crippen molar-refractivity contribution in [1.29, 1.82) is 0 Å². The molecule has 0 amide bonds. The zero-order valence-corrected chi connectivity index (χ0v) is 12.0. The second-order valence-corrected chi connectivity index (χ2v) is 5.86. The van der Waals surface area contributed by atoms with E-state index in [2.05, 4.69) is 26.5 Å². The fourth-order valence-electron chi connectivity index (χ4n) is 1.55. The number of rotatable bonds is 4.